The molecule has 0 amide bonds. The minimum absolute atomic E-state index is 0.00963. The predicted octanol–water partition coefficient (Wildman–Crippen LogP) is 2.44. The van der Waals surface area contributed by atoms with E-state index in [4.69, 9.17) is 4.84 Å². The van der Waals surface area contributed by atoms with E-state index in [1.807, 2.05) is 48.5 Å². The fourth-order valence-corrected chi connectivity index (χ4v) is 2.55. The largest absolute Gasteiger partial charge is 0.394 e. The number of rotatable bonds is 4. The van der Waals surface area contributed by atoms with Gasteiger partial charge >= 0.3 is 0 Å². The lowest BCUT2D eigenvalue weighted by molar-refractivity contribution is 0.0403. The van der Waals surface area contributed by atoms with Crippen molar-refractivity contribution in [3.63, 3.8) is 0 Å². The third-order valence-corrected chi connectivity index (χ3v) is 3.61. The summed E-state index contributed by atoms with van der Waals surface area (Å²) in [6, 6.07) is 18.3. The fourth-order valence-electron chi connectivity index (χ4n) is 2.55. The van der Waals surface area contributed by atoms with Crippen molar-refractivity contribution >= 4 is 11.5 Å². The summed E-state index contributed by atoms with van der Waals surface area (Å²) in [5.74, 6) is 0.00963. The van der Waals surface area contributed by atoms with E-state index in [1.54, 1.807) is 17.2 Å². The highest BCUT2D eigenvalue weighted by atomic mass is 16.7. The molecule has 2 aromatic rings. The minimum atomic E-state index is -0.410. The molecule has 1 aliphatic heterocycles. The molecule has 1 fully saturated rings. The van der Waals surface area contributed by atoms with Gasteiger partial charge in [-0.15, -0.1) is 0 Å². The Morgan fingerprint density at radius 3 is 2.33 bits per heavy atom. The van der Waals surface area contributed by atoms with Crippen molar-refractivity contribution in [1.82, 2.24) is 0 Å². The van der Waals surface area contributed by atoms with Crippen LogP contribution in [0.2, 0.25) is 0 Å². The highest BCUT2D eigenvalue weighted by Gasteiger charge is 2.38. The van der Waals surface area contributed by atoms with Gasteiger partial charge in [-0.1, -0.05) is 48.5 Å². The van der Waals surface area contributed by atoms with Crippen LogP contribution in [-0.4, -0.2) is 29.6 Å². The van der Waals surface area contributed by atoms with Crippen LogP contribution in [0.15, 0.2) is 60.7 Å². The van der Waals surface area contributed by atoms with Gasteiger partial charge in [0, 0.05) is 12.0 Å². The van der Waals surface area contributed by atoms with Crippen LogP contribution in [0.4, 0.5) is 5.69 Å². The summed E-state index contributed by atoms with van der Waals surface area (Å²) in [6.07, 6.45) is 0.141. The molecule has 1 aliphatic rings. The Morgan fingerprint density at radius 2 is 1.71 bits per heavy atom. The number of carbonyl (C=O) groups excluding carboxylic acids is 1. The topological polar surface area (TPSA) is 49.8 Å². The number of Topliss-reactive ketones (excluding diaryl/α,β-unsaturated/α-hetero) is 1. The average molecular weight is 283 g/mol. The van der Waals surface area contributed by atoms with Crippen molar-refractivity contribution in [3.8, 4) is 0 Å². The summed E-state index contributed by atoms with van der Waals surface area (Å²) in [6.45, 7) is -0.0953. The number of para-hydroxylation sites is 1. The van der Waals surface area contributed by atoms with Gasteiger partial charge in [-0.25, -0.2) is 5.06 Å². The maximum Gasteiger partial charge on any atom is 0.187 e. The molecule has 1 saturated heterocycles. The van der Waals surface area contributed by atoms with E-state index in [0.717, 1.165) is 5.69 Å². The normalized spacial score (nSPS) is 21.5. The van der Waals surface area contributed by atoms with Gasteiger partial charge in [0.25, 0.3) is 0 Å². The standard InChI is InChI=1S/C17H17NO3/c19-12-15-11-16(17(20)13-7-3-1-4-8-13)18(21-15)14-9-5-2-6-10-14/h1-10,15-16,19H,11-12H2/t15-,16-/m0/s1. The lowest BCUT2D eigenvalue weighted by Crippen LogP contribution is -2.35. The zero-order valence-electron chi connectivity index (χ0n) is 11.6. The molecule has 1 heterocycles. The number of hydrogen-bond donors (Lipinski definition) is 1. The molecule has 1 N–H and O–H groups in total. The van der Waals surface area contributed by atoms with Crippen molar-refractivity contribution < 1.29 is 14.7 Å². The number of aliphatic hydroxyl groups excluding tert-OH is 1. The Bertz CT molecular complexity index is 600. The van der Waals surface area contributed by atoms with Crippen molar-refractivity contribution in [1.29, 1.82) is 0 Å². The number of hydrogen-bond acceptors (Lipinski definition) is 4. The highest BCUT2D eigenvalue weighted by Crippen LogP contribution is 2.29. The summed E-state index contributed by atoms with van der Waals surface area (Å²) >= 11 is 0. The third kappa shape index (κ3) is 2.82. The molecule has 0 spiro atoms. The number of nitrogens with zero attached hydrogens (tertiary/aromatic N) is 1. The van der Waals surface area contributed by atoms with E-state index in [2.05, 4.69) is 0 Å². The molecule has 2 aromatic carbocycles. The molecule has 21 heavy (non-hydrogen) atoms. The van der Waals surface area contributed by atoms with Crippen molar-refractivity contribution in [2.45, 2.75) is 18.6 Å². The summed E-state index contributed by atoms with van der Waals surface area (Å²) in [7, 11) is 0. The van der Waals surface area contributed by atoms with E-state index in [-0.39, 0.29) is 18.5 Å². The average Bonchev–Trinajstić information content (AvgIpc) is 3.00. The first kappa shape index (κ1) is 13.8. The van der Waals surface area contributed by atoms with Crippen LogP contribution in [0.25, 0.3) is 0 Å². The molecule has 0 radical (unpaired) electrons. The van der Waals surface area contributed by atoms with E-state index in [1.165, 1.54) is 0 Å². The van der Waals surface area contributed by atoms with Gasteiger partial charge < -0.3 is 5.11 Å². The second kappa shape index (κ2) is 6.08. The van der Waals surface area contributed by atoms with Crippen LogP contribution in [0, 0.1) is 0 Å². The highest BCUT2D eigenvalue weighted by molar-refractivity contribution is 6.01. The Hall–Kier alpha value is -2.17. The van der Waals surface area contributed by atoms with Gasteiger partial charge in [0.05, 0.1) is 12.3 Å². The van der Waals surface area contributed by atoms with Crippen LogP contribution >= 0.6 is 0 Å². The Labute approximate surface area is 123 Å². The smallest absolute Gasteiger partial charge is 0.187 e. The van der Waals surface area contributed by atoms with Crippen LogP contribution in [0.3, 0.4) is 0 Å². The zero-order valence-corrected chi connectivity index (χ0v) is 11.6. The first-order valence-electron chi connectivity index (χ1n) is 7.01. The van der Waals surface area contributed by atoms with Gasteiger partial charge in [0.1, 0.15) is 12.1 Å². The lowest BCUT2D eigenvalue weighted by Gasteiger charge is -2.23. The van der Waals surface area contributed by atoms with Crippen LogP contribution in [0.1, 0.15) is 16.8 Å². The molecule has 3 rings (SSSR count). The molecule has 2 atom stereocenters. The van der Waals surface area contributed by atoms with E-state index in [9.17, 15) is 9.90 Å². The molecule has 108 valence electrons. The predicted molar refractivity (Wildman–Crippen MR) is 80.1 cm³/mol. The van der Waals surface area contributed by atoms with E-state index >= 15 is 0 Å². The number of carbonyl (C=O) groups is 1. The summed E-state index contributed by atoms with van der Waals surface area (Å²) in [5, 5.41) is 11.0. The monoisotopic (exact) mass is 283 g/mol. The molecule has 0 saturated carbocycles. The van der Waals surface area contributed by atoms with E-state index in [0.29, 0.717) is 12.0 Å². The van der Waals surface area contributed by atoms with Crippen molar-refractivity contribution in [2.75, 3.05) is 11.7 Å². The van der Waals surface area contributed by atoms with Crippen LogP contribution in [-0.2, 0) is 4.84 Å². The SMILES string of the molecule is O=C(c1ccccc1)[C@@H]1C[C@@H](CO)ON1c1ccccc1. The fraction of sp³-hybridized carbons (Fsp3) is 0.235. The molecule has 0 aromatic heterocycles. The Balaban J connectivity index is 1.89. The van der Waals surface area contributed by atoms with Crippen LogP contribution < -0.4 is 5.06 Å². The lowest BCUT2D eigenvalue weighted by atomic mass is 10.00. The first-order chi connectivity index (χ1) is 10.3. The second-order valence-electron chi connectivity index (χ2n) is 5.05. The maximum absolute atomic E-state index is 12.7. The Morgan fingerprint density at radius 1 is 1.10 bits per heavy atom. The molecule has 0 aliphatic carbocycles. The third-order valence-electron chi connectivity index (χ3n) is 3.61. The molecule has 4 heteroatoms. The van der Waals surface area contributed by atoms with Gasteiger partial charge in [-0.3, -0.25) is 9.63 Å². The summed E-state index contributed by atoms with van der Waals surface area (Å²) < 4.78 is 0. The van der Waals surface area contributed by atoms with Crippen LogP contribution in [0.5, 0.6) is 0 Å². The summed E-state index contributed by atoms with van der Waals surface area (Å²) in [5.41, 5.74) is 1.48. The Kier molecular flexibility index (Phi) is 3.99. The summed E-state index contributed by atoms with van der Waals surface area (Å²) in [4.78, 5) is 18.4. The van der Waals surface area contributed by atoms with Crippen molar-refractivity contribution in [2.24, 2.45) is 0 Å². The number of hydroxylamine groups is 1. The number of aliphatic hydroxyl groups is 1. The maximum atomic E-state index is 12.7. The van der Waals surface area contributed by atoms with E-state index < -0.39 is 6.04 Å². The van der Waals surface area contributed by atoms with Gasteiger partial charge in [0.2, 0.25) is 0 Å². The minimum Gasteiger partial charge on any atom is -0.394 e. The molecule has 0 bridgehead atoms. The molecular formula is C17H17NO3. The molecule has 4 nitrogen and oxygen atoms in total. The molecular weight excluding hydrogens is 266 g/mol. The number of benzene rings is 2. The first-order valence-corrected chi connectivity index (χ1v) is 7.01. The van der Waals surface area contributed by atoms with Crippen molar-refractivity contribution in [3.05, 3.63) is 66.2 Å². The second-order valence-corrected chi connectivity index (χ2v) is 5.05. The zero-order chi connectivity index (χ0) is 14.7. The van der Waals surface area contributed by atoms with Gasteiger partial charge in [-0.05, 0) is 12.1 Å². The van der Waals surface area contributed by atoms with Gasteiger partial charge in [-0.2, -0.15) is 0 Å². The van der Waals surface area contributed by atoms with Gasteiger partial charge in [0.15, 0.2) is 5.78 Å². The quantitative estimate of drug-likeness (QED) is 0.876. The number of ketones is 1. The molecule has 0 unspecified atom stereocenters. The number of anilines is 1.